The van der Waals surface area contributed by atoms with Crippen molar-refractivity contribution in [2.24, 2.45) is 0 Å². The summed E-state index contributed by atoms with van der Waals surface area (Å²) in [6, 6.07) is 0. The van der Waals surface area contributed by atoms with Gasteiger partial charge in [-0.15, -0.1) is 11.3 Å². The third-order valence-electron chi connectivity index (χ3n) is 2.78. The smallest absolute Gasteiger partial charge is 0.0901 e. The Bertz CT molecular complexity index is 304. The van der Waals surface area contributed by atoms with Gasteiger partial charge in [-0.1, -0.05) is 0 Å². The zero-order valence-electron chi connectivity index (χ0n) is 7.79. The van der Waals surface area contributed by atoms with Gasteiger partial charge in [0.2, 0.25) is 0 Å². The van der Waals surface area contributed by atoms with E-state index in [2.05, 4.69) is 21.9 Å². The average molecular weight is 195 g/mol. The highest BCUT2D eigenvalue weighted by atomic mass is 32.1. The molecule has 1 aromatic heterocycles. The molecule has 0 aliphatic carbocycles. The number of aromatic nitrogens is 1. The minimum Gasteiger partial charge on any atom is -0.245 e. The second-order valence-electron chi connectivity index (χ2n) is 3.73. The van der Waals surface area contributed by atoms with E-state index in [0.717, 1.165) is 13.1 Å². The molecule has 1 saturated heterocycles. The van der Waals surface area contributed by atoms with Crippen molar-refractivity contribution in [1.82, 2.24) is 15.0 Å². The van der Waals surface area contributed by atoms with Crippen LogP contribution in [0.3, 0.4) is 0 Å². The minimum absolute atomic E-state index is 1.04. The maximum atomic E-state index is 4.56. The molecule has 4 heteroatoms. The lowest BCUT2D eigenvalue weighted by Crippen LogP contribution is -2.39. The Morgan fingerprint density at radius 3 is 2.85 bits per heavy atom. The topological polar surface area (TPSA) is 19.4 Å². The van der Waals surface area contributed by atoms with Crippen molar-refractivity contribution in [2.45, 2.75) is 26.4 Å². The Kier molecular flexibility index (Phi) is 1.68. The molecule has 2 aliphatic heterocycles. The SMILES string of the molecule is Cc1nc2c(s1)CN1CCCN1C2. The molecule has 1 fully saturated rings. The number of nitrogens with zero attached hydrogens (tertiary/aromatic N) is 3. The molecule has 0 spiro atoms. The van der Waals surface area contributed by atoms with Crippen LogP contribution in [0.2, 0.25) is 0 Å². The summed E-state index contributed by atoms with van der Waals surface area (Å²) in [5, 5.41) is 6.11. The zero-order chi connectivity index (χ0) is 8.84. The van der Waals surface area contributed by atoms with Crippen molar-refractivity contribution in [3.8, 4) is 0 Å². The summed E-state index contributed by atoms with van der Waals surface area (Å²) < 4.78 is 0. The molecular formula is C9H13N3S. The average Bonchev–Trinajstić information content (AvgIpc) is 2.63. The Labute approximate surface area is 82.0 Å². The van der Waals surface area contributed by atoms with E-state index in [1.54, 1.807) is 0 Å². The van der Waals surface area contributed by atoms with Crippen molar-refractivity contribution < 1.29 is 0 Å². The highest BCUT2D eigenvalue weighted by Gasteiger charge is 2.29. The summed E-state index contributed by atoms with van der Waals surface area (Å²) in [6.45, 7) is 6.69. The van der Waals surface area contributed by atoms with E-state index in [9.17, 15) is 0 Å². The molecule has 13 heavy (non-hydrogen) atoms. The monoisotopic (exact) mass is 195 g/mol. The number of rotatable bonds is 0. The number of fused-ring (bicyclic) bond motifs is 2. The van der Waals surface area contributed by atoms with Crippen LogP contribution in [0, 0.1) is 6.92 Å². The molecule has 3 nitrogen and oxygen atoms in total. The standard InChI is InChI=1S/C9H13N3S/c1-7-10-8-5-11-3-2-4-12(11)6-9(8)13-7/h2-6H2,1H3. The van der Waals surface area contributed by atoms with Crippen molar-refractivity contribution >= 4 is 11.3 Å². The minimum atomic E-state index is 1.04. The van der Waals surface area contributed by atoms with Crippen LogP contribution in [0.15, 0.2) is 0 Å². The van der Waals surface area contributed by atoms with E-state index in [0.29, 0.717) is 0 Å². The van der Waals surface area contributed by atoms with Crippen molar-refractivity contribution in [1.29, 1.82) is 0 Å². The van der Waals surface area contributed by atoms with Gasteiger partial charge in [0.15, 0.2) is 0 Å². The second-order valence-corrected chi connectivity index (χ2v) is 5.02. The number of hydrogen-bond acceptors (Lipinski definition) is 4. The van der Waals surface area contributed by atoms with Gasteiger partial charge in [-0.05, 0) is 13.3 Å². The Morgan fingerprint density at radius 1 is 1.23 bits per heavy atom. The number of hydrogen-bond donors (Lipinski definition) is 0. The summed E-state index contributed by atoms with van der Waals surface area (Å²) in [5.41, 5.74) is 1.32. The molecule has 2 aliphatic rings. The van der Waals surface area contributed by atoms with Gasteiger partial charge in [-0.2, -0.15) is 0 Å². The Balaban J connectivity index is 1.96. The molecule has 0 amide bonds. The van der Waals surface area contributed by atoms with Gasteiger partial charge >= 0.3 is 0 Å². The molecule has 3 heterocycles. The lowest BCUT2D eigenvalue weighted by molar-refractivity contribution is -0.00170. The van der Waals surface area contributed by atoms with Gasteiger partial charge in [-0.25, -0.2) is 15.0 Å². The van der Waals surface area contributed by atoms with Crippen LogP contribution in [0.5, 0.6) is 0 Å². The first kappa shape index (κ1) is 7.91. The first-order valence-corrected chi connectivity index (χ1v) is 5.59. The number of thiazole rings is 1. The maximum absolute atomic E-state index is 4.56. The van der Waals surface area contributed by atoms with Gasteiger partial charge in [0.25, 0.3) is 0 Å². The first-order valence-electron chi connectivity index (χ1n) is 4.78. The predicted molar refractivity (Wildman–Crippen MR) is 52.3 cm³/mol. The molecular weight excluding hydrogens is 182 g/mol. The highest BCUT2D eigenvalue weighted by molar-refractivity contribution is 7.11. The van der Waals surface area contributed by atoms with Crippen LogP contribution in [0.25, 0.3) is 0 Å². The summed E-state index contributed by atoms with van der Waals surface area (Å²) in [5.74, 6) is 0. The molecule has 0 aromatic carbocycles. The van der Waals surface area contributed by atoms with Crippen molar-refractivity contribution in [2.75, 3.05) is 13.1 Å². The molecule has 0 unspecified atom stereocenters. The third-order valence-corrected chi connectivity index (χ3v) is 3.77. The molecule has 0 N–H and O–H groups in total. The van der Waals surface area contributed by atoms with Gasteiger partial charge in [-0.3, -0.25) is 0 Å². The van der Waals surface area contributed by atoms with Gasteiger partial charge < -0.3 is 0 Å². The summed E-state index contributed by atoms with van der Waals surface area (Å²) in [4.78, 5) is 6.04. The Morgan fingerprint density at radius 2 is 2.00 bits per heavy atom. The fourth-order valence-electron chi connectivity index (χ4n) is 2.17. The van der Waals surface area contributed by atoms with E-state index in [1.165, 1.54) is 35.1 Å². The summed E-state index contributed by atoms with van der Waals surface area (Å²) >= 11 is 1.86. The van der Waals surface area contributed by atoms with E-state index < -0.39 is 0 Å². The molecule has 1 aromatic rings. The van der Waals surface area contributed by atoms with E-state index >= 15 is 0 Å². The van der Waals surface area contributed by atoms with Crippen LogP contribution in [0.4, 0.5) is 0 Å². The van der Waals surface area contributed by atoms with E-state index in [-0.39, 0.29) is 0 Å². The molecule has 0 bridgehead atoms. The third kappa shape index (κ3) is 1.21. The van der Waals surface area contributed by atoms with E-state index in [1.807, 2.05) is 11.3 Å². The van der Waals surface area contributed by atoms with Gasteiger partial charge in [0.05, 0.1) is 17.2 Å². The summed E-state index contributed by atoms with van der Waals surface area (Å²) in [7, 11) is 0. The van der Waals surface area contributed by atoms with Gasteiger partial charge in [0, 0.05) is 24.5 Å². The van der Waals surface area contributed by atoms with Crippen LogP contribution >= 0.6 is 11.3 Å². The normalized spacial score (nSPS) is 23.2. The maximum Gasteiger partial charge on any atom is 0.0901 e. The molecule has 0 atom stereocenters. The van der Waals surface area contributed by atoms with Crippen LogP contribution in [-0.4, -0.2) is 28.1 Å². The first-order chi connectivity index (χ1) is 6.33. The Hall–Kier alpha value is -0.450. The fourth-order valence-corrected chi connectivity index (χ4v) is 3.13. The second kappa shape index (κ2) is 2.77. The molecule has 0 saturated carbocycles. The van der Waals surface area contributed by atoms with Crippen LogP contribution < -0.4 is 0 Å². The number of hydrazine groups is 1. The molecule has 0 radical (unpaired) electrons. The quantitative estimate of drug-likeness (QED) is 0.623. The molecule has 3 rings (SSSR count). The van der Waals surface area contributed by atoms with Crippen LogP contribution in [0.1, 0.15) is 22.0 Å². The van der Waals surface area contributed by atoms with Crippen molar-refractivity contribution in [3.05, 3.63) is 15.6 Å². The lowest BCUT2D eigenvalue weighted by atomic mass is 10.3. The van der Waals surface area contributed by atoms with Crippen molar-refractivity contribution in [3.63, 3.8) is 0 Å². The summed E-state index contributed by atoms with van der Waals surface area (Å²) in [6.07, 6.45) is 1.31. The van der Waals surface area contributed by atoms with Gasteiger partial charge in [0.1, 0.15) is 0 Å². The largest absolute Gasteiger partial charge is 0.245 e. The highest BCUT2D eigenvalue weighted by Crippen LogP contribution is 2.29. The number of aryl methyl sites for hydroxylation is 1. The van der Waals surface area contributed by atoms with Crippen LogP contribution in [-0.2, 0) is 13.1 Å². The fraction of sp³-hybridized carbons (Fsp3) is 0.667. The molecule has 70 valence electrons. The lowest BCUT2D eigenvalue weighted by Gasteiger charge is -2.31. The zero-order valence-corrected chi connectivity index (χ0v) is 8.60. The van der Waals surface area contributed by atoms with E-state index in [4.69, 9.17) is 0 Å². The predicted octanol–water partition coefficient (Wildman–Crippen LogP) is 1.39.